The first kappa shape index (κ1) is 11.3. The molecule has 0 radical (unpaired) electrons. The molecule has 2 N–H and O–H groups in total. The van der Waals surface area contributed by atoms with Gasteiger partial charge in [-0.2, -0.15) is 0 Å². The summed E-state index contributed by atoms with van der Waals surface area (Å²) < 4.78 is 0.762. The molecule has 2 nitrogen and oxygen atoms in total. The lowest BCUT2D eigenvalue weighted by atomic mass is 10.3. The molecule has 1 aromatic heterocycles. The topological polar surface area (TPSA) is 38.9 Å². The Morgan fingerprint density at radius 1 is 1.43 bits per heavy atom. The van der Waals surface area contributed by atoms with E-state index >= 15 is 0 Å². The molecular weight excluding hydrogens is 256 g/mol. The van der Waals surface area contributed by atoms with Gasteiger partial charge in [-0.05, 0) is 22.0 Å². The highest BCUT2D eigenvalue weighted by Crippen LogP contribution is 2.15. The summed E-state index contributed by atoms with van der Waals surface area (Å²) in [7, 11) is -1.33. The molecule has 0 bridgehead atoms. The van der Waals surface area contributed by atoms with Gasteiger partial charge in [0.25, 0.3) is 0 Å². The van der Waals surface area contributed by atoms with Gasteiger partial charge in [0.1, 0.15) is 12.7 Å². The Balaban J connectivity index is 3.06. The highest BCUT2D eigenvalue weighted by atomic mass is 79.9. The third-order valence-corrected chi connectivity index (χ3v) is 2.94. The molecule has 0 saturated heterocycles. The van der Waals surface area contributed by atoms with Crippen LogP contribution in [0.3, 0.4) is 0 Å². The van der Waals surface area contributed by atoms with E-state index < -0.39 is 8.07 Å². The summed E-state index contributed by atoms with van der Waals surface area (Å²) in [5.41, 5.74) is 10.4. The Kier molecular flexibility index (Phi) is 3.35. The smallest absolute Gasteiger partial charge is 0.129 e. The van der Waals surface area contributed by atoms with Crippen LogP contribution < -0.4 is 5.73 Å². The predicted molar refractivity (Wildman–Crippen MR) is 66.6 cm³/mol. The number of nitrogen functional groups attached to an aromatic ring is 1. The number of halogens is 1. The van der Waals surface area contributed by atoms with Gasteiger partial charge in [0, 0.05) is 0 Å². The van der Waals surface area contributed by atoms with E-state index in [0.29, 0.717) is 5.69 Å². The van der Waals surface area contributed by atoms with Crippen LogP contribution >= 0.6 is 15.9 Å². The maximum atomic E-state index is 5.63. The number of nitrogens with two attached hydrogens (primary N) is 1. The van der Waals surface area contributed by atoms with Gasteiger partial charge in [0.15, 0.2) is 0 Å². The maximum Gasteiger partial charge on any atom is 0.129 e. The van der Waals surface area contributed by atoms with Crippen molar-refractivity contribution in [2.75, 3.05) is 5.73 Å². The molecular formula is C10H13BrN2Si. The molecule has 0 spiro atoms. The number of anilines is 1. The van der Waals surface area contributed by atoms with E-state index in [4.69, 9.17) is 5.73 Å². The van der Waals surface area contributed by atoms with Crippen LogP contribution in [-0.2, 0) is 0 Å². The largest absolute Gasteiger partial charge is 0.397 e. The van der Waals surface area contributed by atoms with Gasteiger partial charge in [0.2, 0.25) is 0 Å². The Labute approximate surface area is 94.1 Å². The van der Waals surface area contributed by atoms with E-state index in [0.717, 1.165) is 10.2 Å². The molecule has 0 aromatic carbocycles. The molecule has 0 amide bonds. The third kappa shape index (κ3) is 3.52. The molecule has 1 heterocycles. The molecule has 4 heteroatoms. The Hall–Kier alpha value is -0.793. The summed E-state index contributed by atoms with van der Waals surface area (Å²) in [6.45, 7) is 6.61. The molecule has 0 aliphatic heterocycles. The van der Waals surface area contributed by atoms with Crippen LogP contribution in [0, 0.1) is 11.5 Å². The summed E-state index contributed by atoms with van der Waals surface area (Å²) in [6, 6.07) is 1.84. The fraction of sp³-hybridized carbons (Fsp3) is 0.300. The first-order valence-electron chi connectivity index (χ1n) is 4.33. The Morgan fingerprint density at radius 2 is 2.07 bits per heavy atom. The normalized spacial score (nSPS) is 10.6. The van der Waals surface area contributed by atoms with Gasteiger partial charge in [-0.1, -0.05) is 25.6 Å². The summed E-state index contributed by atoms with van der Waals surface area (Å²) in [5, 5.41) is 0. The number of rotatable bonds is 0. The van der Waals surface area contributed by atoms with Crippen molar-refractivity contribution in [1.82, 2.24) is 4.98 Å². The fourth-order valence-electron chi connectivity index (χ4n) is 0.807. The fourth-order valence-corrected chi connectivity index (χ4v) is 1.63. The zero-order valence-electron chi connectivity index (χ0n) is 8.56. The van der Waals surface area contributed by atoms with Gasteiger partial charge in [-0.15, -0.1) is 5.54 Å². The maximum absolute atomic E-state index is 5.63. The van der Waals surface area contributed by atoms with Crippen molar-refractivity contribution >= 4 is 29.7 Å². The minimum Gasteiger partial charge on any atom is -0.397 e. The predicted octanol–water partition coefficient (Wildman–Crippen LogP) is 2.66. The average Bonchev–Trinajstić information content (AvgIpc) is 2.05. The SMILES string of the molecule is C[Si](C)(C)C#Cc1cc(N)cnc1Br. The van der Waals surface area contributed by atoms with E-state index in [2.05, 4.69) is 52.0 Å². The lowest BCUT2D eigenvalue weighted by molar-refractivity contribution is 1.26. The molecule has 0 atom stereocenters. The van der Waals surface area contributed by atoms with E-state index in [9.17, 15) is 0 Å². The Morgan fingerprint density at radius 3 is 2.64 bits per heavy atom. The van der Waals surface area contributed by atoms with Crippen molar-refractivity contribution < 1.29 is 0 Å². The molecule has 0 saturated carbocycles. The summed E-state index contributed by atoms with van der Waals surface area (Å²) in [6.07, 6.45) is 1.61. The first-order chi connectivity index (χ1) is 6.38. The quantitative estimate of drug-likeness (QED) is 0.447. The monoisotopic (exact) mass is 268 g/mol. The van der Waals surface area contributed by atoms with Crippen LogP contribution in [0.15, 0.2) is 16.9 Å². The van der Waals surface area contributed by atoms with Crippen molar-refractivity contribution in [3.63, 3.8) is 0 Å². The van der Waals surface area contributed by atoms with Crippen molar-refractivity contribution in [2.24, 2.45) is 0 Å². The number of aromatic nitrogens is 1. The number of hydrogen-bond donors (Lipinski definition) is 1. The molecule has 74 valence electrons. The van der Waals surface area contributed by atoms with Crippen LogP contribution in [0.5, 0.6) is 0 Å². The highest BCUT2D eigenvalue weighted by molar-refractivity contribution is 9.10. The number of nitrogens with zero attached hydrogens (tertiary/aromatic N) is 1. The van der Waals surface area contributed by atoms with Crippen molar-refractivity contribution in [3.8, 4) is 11.5 Å². The average molecular weight is 269 g/mol. The third-order valence-electron chi connectivity index (χ3n) is 1.43. The molecule has 14 heavy (non-hydrogen) atoms. The highest BCUT2D eigenvalue weighted by Gasteiger charge is 2.08. The Bertz CT molecular complexity index is 399. The molecule has 1 aromatic rings. The molecule has 1 rings (SSSR count). The minimum atomic E-state index is -1.33. The van der Waals surface area contributed by atoms with Crippen LogP contribution in [0.1, 0.15) is 5.56 Å². The van der Waals surface area contributed by atoms with E-state index in [1.807, 2.05) is 6.07 Å². The second-order valence-corrected chi connectivity index (χ2v) is 9.61. The van der Waals surface area contributed by atoms with Crippen LogP contribution in [0.25, 0.3) is 0 Å². The minimum absolute atomic E-state index is 0.646. The van der Waals surface area contributed by atoms with Gasteiger partial charge in [0.05, 0.1) is 17.4 Å². The van der Waals surface area contributed by atoms with Crippen molar-refractivity contribution in [1.29, 1.82) is 0 Å². The standard InChI is InChI=1S/C10H13BrN2Si/c1-14(2,3)5-4-8-6-9(12)7-13-10(8)11/h6-7H,12H2,1-3H3. The molecule has 0 aliphatic rings. The number of pyridine rings is 1. The van der Waals surface area contributed by atoms with Gasteiger partial charge in [-0.25, -0.2) is 4.98 Å². The lowest BCUT2D eigenvalue weighted by Crippen LogP contribution is -2.16. The molecule has 0 fully saturated rings. The summed E-state index contributed by atoms with van der Waals surface area (Å²) in [4.78, 5) is 4.08. The van der Waals surface area contributed by atoms with E-state index in [1.165, 1.54) is 0 Å². The first-order valence-corrected chi connectivity index (χ1v) is 8.62. The number of hydrogen-bond acceptors (Lipinski definition) is 2. The second-order valence-electron chi connectivity index (χ2n) is 4.11. The van der Waals surface area contributed by atoms with Crippen LogP contribution in [0.4, 0.5) is 5.69 Å². The van der Waals surface area contributed by atoms with Crippen LogP contribution in [0.2, 0.25) is 19.6 Å². The van der Waals surface area contributed by atoms with E-state index in [-0.39, 0.29) is 0 Å². The van der Waals surface area contributed by atoms with E-state index in [1.54, 1.807) is 6.20 Å². The van der Waals surface area contributed by atoms with Gasteiger partial charge >= 0.3 is 0 Å². The van der Waals surface area contributed by atoms with Gasteiger partial charge < -0.3 is 5.73 Å². The van der Waals surface area contributed by atoms with Crippen molar-refractivity contribution in [3.05, 3.63) is 22.4 Å². The summed E-state index contributed by atoms with van der Waals surface area (Å²) >= 11 is 3.34. The second kappa shape index (κ2) is 4.16. The van der Waals surface area contributed by atoms with Crippen LogP contribution in [-0.4, -0.2) is 13.1 Å². The van der Waals surface area contributed by atoms with Crippen molar-refractivity contribution in [2.45, 2.75) is 19.6 Å². The van der Waals surface area contributed by atoms with Gasteiger partial charge in [-0.3, -0.25) is 0 Å². The summed E-state index contributed by atoms with van der Waals surface area (Å²) in [5.74, 6) is 3.12. The zero-order chi connectivity index (χ0) is 10.8. The zero-order valence-corrected chi connectivity index (χ0v) is 11.1. The molecule has 0 aliphatic carbocycles. The lowest BCUT2D eigenvalue weighted by Gasteiger charge is -2.04. The molecule has 0 unspecified atom stereocenters.